The number of hydrogen-bond donors (Lipinski definition) is 2. The fourth-order valence-corrected chi connectivity index (χ4v) is 3.03. The standard InChI is InChI=1S/C17H25N3O2/c1-13(17(21)18-14-6-7-14)19-8-10-20(11-9-19)15-4-3-5-16(12-15)22-2/h3-5,12-14H,6-11H2,1-2H3,(H,18,21)/p+1/t13-/m0/s1. The van der Waals surface area contributed by atoms with Crippen LogP contribution in [0.1, 0.15) is 19.8 Å². The average molecular weight is 304 g/mol. The number of amides is 1. The number of carbonyl (C=O) groups excluding carboxylic acids is 1. The highest BCUT2D eigenvalue weighted by Crippen LogP contribution is 2.21. The van der Waals surface area contributed by atoms with Gasteiger partial charge in [0.2, 0.25) is 0 Å². The van der Waals surface area contributed by atoms with Crippen LogP contribution in [0.4, 0.5) is 5.69 Å². The lowest BCUT2D eigenvalue weighted by Crippen LogP contribution is -3.19. The summed E-state index contributed by atoms with van der Waals surface area (Å²) < 4.78 is 5.29. The molecule has 0 radical (unpaired) electrons. The molecule has 3 rings (SSSR count). The van der Waals surface area contributed by atoms with Crippen molar-refractivity contribution in [3.63, 3.8) is 0 Å². The number of carbonyl (C=O) groups is 1. The second kappa shape index (κ2) is 6.57. The number of methoxy groups -OCH3 is 1. The average Bonchev–Trinajstić information content (AvgIpc) is 3.38. The molecule has 1 saturated carbocycles. The predicted octanol–water partition coefficient (Wildman–Crippen LogP) is 0.0672. The molecule has 1 aliphatic carbocycles. The Kier molecular flexibility index (Phi) is 4.52. The van der Waals surface area contributed by atoms with Crippen LogP contribution in [0.25, 0.3) is 0 Å². The third-order valence-electron chi connectivity index (χ3n) is 4.75. The zero-order valence-corrected chi connectivity index (χ0v) is 13.5. The molecule has 2 N–H and O–H groups in total. The Morgan fingerprint density at radius 3 is 2.73 bits per heavy atom. The molecule has 0 bridgehead atoms. The Morgan fingerprint density at radius 2 is 2.09 bits per heavy atom. The van der Waals surface area contributed by atoms with E-state index in [1.54, 1.807) is 7.11 Å². The topological polar surface area (TPSA) is 46.0 Å². The molecule has 2 aliphatic rings. The van der Waals surface area contributed by atoms with Crippen molar-refractivity contribution in [2.45, 2.75) is 31.8 Å². The molecule has 5 heteroatoms. The van der Waals surface area contributed by atoms with Crippen molar-refractivity contribution in [1.29, 1.82) is 0 Å². The van der Waals surface area contributed by atoms with E-state index < -0.39 is 0 Å². The van der Waals surface area contributed by atoms with Crippen molar-refractivity contribution >= 4 is 11.6 Å². The van der Waals surface area contributed by atoms with Gasteiger partial charge in [0.1, 0.15) is 5.75 Å². The Labute approximate surface area is 132 Å². The van der Waals surface area contributed by atoms with Gasteiger partial charge in [0.15, 0.2) is 6.04 Å². The Morgan fingerprint density at radius 1 is 1.36 bits per heavy atom. The maximum Gasteiger partial charge on any atom is 0.278 e. The van der Waals surface area contributed by atoms with Crippen LogP contribution in [0.2, 0.25) is 0 Å². The van der Waals surface area contributed by atoms with Crippen LogP contribution in [0.3, 0.4) is 0 Å². The molecule has 0 aromatic heterocycles. The van der Waals surface area contributed by atoms with Crippen molar-refractivity contribution in [1.82, 2.24) is 5.32 Å². The van der Waals surface area contributed by atoms with E-state index in [0.717, 1.165) is 44.8 Å². The summed E-state index contributed by atoms with van der Waals surface area (Å²) in [7, 11) is 1.70. The molecular weight excluding hydrogens is 278 g/mol. The van der Waals surface area contributed by atoms with Crippen molar-refractivity contribution in [3.8, 4) is 5.75 Å². The zero-order valence-electron chi connectivity index (χ0n) is 13.5. The maximum absolute atomic E-state index is 12.2. The van der Waals surface area contributed by atoms with Gasteiger partial charge < -0.3 is 19.9 Å². The van der Waals surface area contributed by atoms with Gasteiger partial charge in [-0.25, -0.2) is 0 Å². The molecule has 1 atom stereocenters. The third-order valence-corrected chi connectivity index (χ3v) is 4.75. The van der Waals surface area contributed by atoms with Gasteiger partial charge in [-0.2, -0.15) is 0 Å². The van der Waals surface area contributed by atoms with Crippen LogP contribution in [0, 0.1) is 0 Å². The summed E-state index contributed by atoms with van der Waals surface area (Å²) in [6.45, 7) is 5.99. The Hall–Kier alpha value is -1.75. The van der Waals surface area contributed by atoms with E-state index in [0.29, 0.717) is 6.04 Å². The van der Waals surface area contributed by atoms with E-state index in [-0.39, 0.29) is 11.9 Å². The smallest absolute Gasteiger partial charge is 0.278 e. The molecule has 2 fully saturated rings. The number of nitrogens with one attached hydrogen (secondary N) is 2. The van der Waals surface area contributed by atoms with Gasteiger partial charge in [-0.05, 0) is 31.9 Å². The van der Waals surface area contributed by atoms with Gasteiger partial charge in [-0.3, -0.25) is 4.79 Å². The number of ether oxygens (including phenoxy) is 1. The summed E-state index contributed by atoms with van der Waals surface area (Å²) in [4.78, 5) is 15.9. The molecule has 22 heavy (non-hydrogen) atoms. The minimum atomic E-state index is 0.0491. The fourth-order valence-electron chi connectivity index (χ4n) is 3.03. The number of nitrogens with zero attached hydrogens (tertiary/aromatic N) is 1. The minimum Gasteiger partial charge on any atom is -0.497 e. The third kappa shape index (κ3) is 3.53. The Bertz CT molecular complexity index is 522. The van der Waals surface area contributed by atoms with Gasteiger partial charge in [0.05, 0.1) is 33.3 Å². The largest absolute Gasteiger partial charge is 0.497 e. The van der Waals surface area contributed by atoms with Gasteiger partial charge in [-0.15, -0.1) is 0 Å². The van der Waals surface area contributed by atoms with Crippen molar-refractivity contribution in [3.05, 3.63) is 24.3 Å². The highest BCUT2D eigenvalue weighted by atomic mass is 16.5. The van der Waals surface area contributed by atoms with E-state index in [9.17, 15) is 4.79 Å². The van der Waals surface area contributed by atoms with Crippen LogP contribution in [0.15, 0.2) is 24.3 Å². The molecule has 1 saturated heterocycles. The molecule has 5 nitrogen and oxygen atoms in total. The lowest BCUT2D eigenvalue weighted by molar-refractivity contribution is -0.914. The number of hydrogen-bond acceptors (Lipinski definition) is 3. The van der Waals surface area contributed by atoms with Crippen LogP contribution >= 0.6 is 0 Å². The lowest BCUT2D eigenvalue weighted by Gasteiger charge is -2.36. The summed E-state index contributed by atoms with van der Waals surface area (Å²) in [5.74, 6) is 1.11. The summed E-state index contributed by atoms with van der Waals surface area (Å²) >= 11 is 0. The van der Waals surface area contributed by atoms with Crippen LogP contribution < -0.4 is 19.9 Å². The summed E-state index contributed by atoms with van der Waals surface area (Å²) in [6.07, 6.45) is 2.30. The minimum absolute atomic E-state index is 0.0491. The molecular formula is C17H26N3O2+. The first kappa shape index (κ1) is 15.2. The van der Waals surface area contributed by atoms with E-state index in [2.05, 4.69) is 22.3 Å². The van der Waals surface area contributed by atoms with E-state index >= 15 is 0 Å². The summed E-state index contributed by atoms with van der Waals surface area (Å²) in [6, 6.07) is 8.69. The molecule has 1 aliphatic heterocycles. The second-order valence-electron chi connectivity index (χ2n) is 6.35. The molecule has 0 unspecified atom stereocenters. The number of rotatable bonds is 5. The second-order valence-corrected chi connectivity index (χ2v) is 6.35. The van der Waals surface area contributed by atoms with E-state index in [1.807, 2.05) is 19.1 Å². The molecule has 1 aromatic carbocycles. The SMILES string of the molecule is COc1cccc(N2CC[NH+]([C@@H](C)C(=O)NC3CC3)CC2)c1. The summed E-state index contributed by atoms with van der Waals surface area (Å²) in [5, 5.41) is 3.12. The van der Waals surface area contributed by atoms with Gasteiger partial charge >= 0.3 is 0 Å². The maximum atomic E-state index is 12.2. The van der Waals surface area contributed by atoms with E-state index in [1.165, 1.54) is 10.6 Å². The van der Waals surface area contributed by atoms with Crippen molar-refractivity contribution in [2.24, 2.45) is 0 Å². The molecule has 1 heterocycles. The first-order valence-corrected chi connectivity index (χ1v) is 8.21. The molecule has 120 valence electrons. The predicted molar refractivity (Wildman–Crippen MR) is 86.5 cm³/mol. The van der Waals surface area contributed by atoms with Gasteiger partial charge in [-0.1, -0.05) is 6.07 Å². The summed E-state index contributed by atoms with van der Waals surface area (Å²) in [5.41, 5.74) is 1.20. The van der Waals surface area contributed by atoms with Gasteiger partial charge in [0.25, 0.3) is 5.91 Å². The highest BCUT2D eigenvalue weighted by Gasteiger charge is 2.32. The van der Waals surface area contributed by atoms with Crippen molar-refractivity contribution < 1.29 is 14.4 Å². The normalized spacial score (nSPS) is 20.5. The number of quaternary nitrogens is 1. The van der Waals surface area contributed by atoms with Crippen LogP contribution in [-0.2, 0) is 4.79 Å². The fraction of sp³-hybridized carbons (Fsp3) is 0.588. The number of piperazine rings is 1. The molecule has 1 amide bonds. The zero-order chi connectivity index (χ0) is 15.5. The van der Waals surface area contributed by atoms with E-state index in [4.69, 9.17) is 4.74 Å². The van der Waals surface area contributed by atoms with Crippen molar-refractivity contribution in [2.75, 3.05) is 38.2 Å². The monoisotopic (exact) mass is 304 g/mol. The highest BCUT2D eigenvalue weighted by molar-refractivity contribution is 5.80. The first-order valence-electron chi connectivity index (χ1n) is 8.21. The Balaban J connectivity index is 1.53. The molecule has 0 spiro atoms. The number of benzene rings is 1. The number of anilines is 1. The van der Waals surface area contributed by atoms with Crippen LogP contribution in [-0.4, -0.2) is 51.3 Å². The molecule has 1 aromatic rings. The quantitative estimate of drug-likeness (QED) is 0.809. The lowest BCUT2D eigenvalue weighted by atomic mass is 10.2. The van der Waals surface area contributed by atoms with Gasteiger partial charge in [0, 0.05) is 17.8 Å². The first-order chi connectivity index (χ1) is 10.7. The van der Waals surface area contributed by atoms with Crippen LogP contribution in [0.5, 0.6) is 5.75 Å².